The summed E-state index contributed by atoms with van der Waals surface area (Å²) in [4.78, 5) is 25.7. The summed E-state index contributed by atoms with van der Waals surface area (Å²) < 4.78 is 16.6. The van der Waals surface area contributed by atoms with Crippen LogP contribution in [0.1, 0.15) is 12.8 Å². The molecule has 2 fully saturated rings. The Kier molecular flexibility index (Phi) is 5.78. The average Bonchev–Trinajstić information content (AvgIpc) is 3.08. The Labute approximate surface area is 151 Å². The lowest BCUT2D eigenvalue weighted by Gasteiger charge is -2.37. The standard InChI is InChI=1S/C17H21ClN2O5/c18-13-1-3-14(4-2-13)23-12-15(21)19-11-16(22)20-7-5-17(6-8-20)24-9-10-25-17/h1-4H,5-12H2,(H,19,21). The van der Waals surface area contributed by atoms with Gasteiger partial charge in [0.15, 0.2) is 12.4 Å². The second-order valence-corrected chi connectivity index (χ2v) is 6.44. The smallest absolute Gasteiger partial charge is 0.258 e. The second-order valence-electron chi connectivity index (χ2n) is 6.01. The molecule has 3 rings (SSSR count). The summed E-state index contributed by atoms with van der Waals surface area (Å²) in [6.45, 7) is 2.15. The lowest BCUT2D eigenvalue weighted by Crippen LogP contribution is -2.50. The van der Waals surface area contributed by atoms with E-state index in [9.17, 15) is 9.59 Å². The van der Waals surface area contributed by atoms with Crippen LogP contribution in [-0.2, 0) is 19.1 Å². The number of halogens is 1. The Morgan fingerprint density at radius 3 is 2.44 bits per heavy atom. The second kappa shape index (κ2) is 8.03. The van der Waals surface area contributed by atoms with Crippen LogP contribution in [0.5, 0.6) is 5.75 Å². The van der Waals surface area contributed by atoms with Crippen LogP contribution in [0.15, 0.2) is 24.3 Å². The molecule has 2 saturated heterocycles. The lowest BCUT2D eigenvalue weighted by atomic mass is 10.0. The van der Waals surface area contributed by atoms with Gasteiger partial charge in [-0.15, -0.1) is 0 Å². The largest absolute Gasteiger partial charge is 0.484 e. The molecule has 0 saturated carbocycles. The highest BCUT2D eigenvalue weighted by atomic mass is 35.5. The maximum atomic E-state index is 12.2. The summed E-state index contributed by atoms with van der Waals surface area (Å²) in [5.74, 6) is -0.428. The maximum absolute atomic E-state index is 12.2. The van der Waals surface area contributed by atoms with Crippen molar-refractivity contribution in [1.29, 1.82) is 0 Å². The number of ether oxygens (including phenoxy) is 3. The van der Waals surface area contributed by atoms with Crippen LogP contribution >= 0.6 is 11.6 Å². The molecule has 0 atom stereocenters. The van der Waals surface area contributed by atoms with E-state index in [1.807, 2.05) is 0 Å². The fourth-order valence-corrected chi connectivity index (χ4v) is 3.03. The average molecular weight is 369 g/mol. The minimum Gasteiger partial charge on any atom is -0.484 e. The zero-order chi connectivity index (χ0) is 17.7. The Morgan fingerprint density at radius 1 is 1.16 bits per heavy atom. The van der Waals surface area contributed by atoms with Gasteiger partial charge in [-0.05, 0) is 24.3 Å². The van der Waals surface area contributed by atoms with E-state index in [0.717, 1.165) is 0 Å². The molecule has 2 amide bonds. The predicted molar refractivity (Wildman–Crippen MR) is 90.4 cm³/mol. The Bertz CT molecular complexity index is 606. The van der Waals surface area contributed by atoms with Crippen molar-refractivity contribution >= 4 is 23.4 Å². The molecule has 1 aromatic carbocycles. The number of hydrogen-bond acceptors (Lipinski definition) is 5. The number of carbonyl (C=O) groups excluding carboxylic acids is 2. The first-order chi connectivity index (χ1) is 12.1. The van der Waals surface area contributed by atoms with Gasteiger partial charge in [0.2, 0.25) is 5.91 Å². The number of nitrogens with zero attached hydrogens (tertiary/aromatic N) is 1. The third kappa shape index (κ3) is 4.84. The van der Waals surface area contributed by atoms with Crippen molar-refractivity contribution < 1.29 is 23.8 Å². The molecule has 25 heavy (non-hydrogen) atoms. The zero-order valence-electron chi connectivity index (χ0n) is 13.8. The van der Waals surface area contributed by atoms with Gasteiger partial charge in [0.1, 0.15) is 5.75 Å². The van der Waals surface area contributed by atoms with E-state index >= 15 is 0 Å². The fraction of sp³-hybridized carbons (Fsp3) is 0.529. The lowest BCUT2D eigenvalue weighted by molar-refractivity contribution is -0.187. The molecule has 8 heteroatoms. The minimum absolute atomic E-state index is 0.0441. The van der Waals surface area contributed by atoms with E-state index in [2.05, 4.69) is 5.32 Å². The minimum atomic E-state index is -0.507. The van der Waals surface area contributed by atoms with E-state index in [4.69, 9.17) is 25.8 Å². The highest BCUT2D eigenvalue weighted by Crippen LogP contribution is 2.31. The molecule has 2 aliphatic rings. The van der Waals surface area contributed by atoms with E-state index in [-0.39, 0.29) is 25.0 Å². The third-order valence-electron chi connectivity index (χ3n) is 4.31. The van der Waals surface area contributed by atoms with Gasteiger partial charge in [-0.1, -0.05) is 11.6 Å². The van der Waals surface area contributed by atoms with Crippen LogP contribution < -0.4 is 10.1 Å². The molecule has 1 spiro atoms. The van der Waals surface area contributed by atoms with Gasteiger partial charge in [-0.2, -0.15) is 0 Å². The monoisotopic (exact) mass is 368 g/mol. The molecule has 0 aromatic heterocycles. The van der Waals surface area contributed by atoms with E-state index < -0.39 is 5.79 Å². The number of carbonyl (C=O) groups is 2. The van der Waals surface area contributed by atoms with E-state index in [0.29, 0.717) is 49.9 Å². The highest BCUT2D eigenvalue weighted by Gasteiger charge is 2.40. The molecule has 0 bridgehead atoms. The van der Waals surface area contributed by atoms with Crippen molar-refractivity contribution in [3.8, 4) is 5.75 Å². The summed E-state index contributed by atoms with van der Waals surface area (Å²) >= 11 is 5.78. The number of rotatable bonds is 5. The molecule has 0 radical (unpaired) electrons. The van der Waals surface area contributed by atoms with Crippen LogP contribution in [0.25, 0.3) is 0 Å². The summed E-state index contributed by atoms with van der Waals surface area (Å²) in [6, 6.07) is 6.72. The third-order valence-corrected chi connectivity index (χ3v) is 4.56. The van der Waals surface area contributed by atoms with Crippen LogP contribution in [0.3, 0.4) is 0 Å². The van der Waals surface area contributed by atoms with Crippen LogP contribution in [-0.4, -0.2) is 62.0 Å². The fourth-order valence-electron chi connectivity index (χ4n) is 2.90. The Morgan fingerprint density at radius 2 is 1.80 bits per heavy atom. The SMILES string of the molecule is O=C(COc1ccc(Cl)cc1)NCC(=O)N1CCC2(CC1)OCCO2. The van der Waals surface area contributed by atoms with Crippen LogP contribution in [0.2, 0.25) is 5.02 Å². The number of likely N-dealkylation sites (tertiary alicyclic amines) is 1. The van der Waals surface area contributed by atoms with Crippen LogP contribution in [0.4, 0.5) is 0 Å². The molecule has 7 nitrogen and oxygen atoms in total. The molecule has 0 aliphatic carbocycles. The van der Waals surface area contributed by atoms with Gasteiger partial charge in [0.25, 0.3) is 5.91 Å². The van der Waals surface area contributed by atoms with Gasteiger partial charge >= 0.3 is 0 Å². The number of piperidine rings is 1. The summed E-state index contributed by atoms with van der Waals surface area (Å²) in [5, 5.41) is 3.18. The highest BCUT2D eigenvalue weighted by molar-refractivity contribution is 6.30. The summed E-state index contributed by atoms with van der Waals surface area (Å²) in [6.07, 6.45) is 1.32. The number of amides is 2. The van der Waals surface area contributed by atoms with Crippen molar-refractivity contribution in [2.45, 2.75) is 18.6 Å². The normalized spacial score (nSPS) is 19.0. The first-order valence-corrected chi connectivity index (χ1v) is 8.65. The molecule has 1 N–H and O–H groups in total. The number of nitrogens with one attached hydrogen (secondary N) is 1. The molecule has 2 heterocycles. The van der Waals surface area contributed by atoms with Gasteiger partial charge in [-0.25, -0.2) is 0 Å². The molecule has 0 unspecified atom stereocenters. The van der Waals surface area contributed by atoms with Gasteiger partial charge in [-0.3, -0.25) is 9.59 Å². The number of benzene rings is 1. The number of hydrogen-bond donors (Lipinski definition) is 1. The van der Waals surface area contributed by atoms with Gasteiger partial charge in [0, 0.05) is 31.0 Å². The summed E-state index contributed by atoms with van der Waals surface area (Å²) in [7, 11) is 0. The molecular weight excluding hydrogens is 348 g/mol. The molecule has 136 valence electrons. The Balaban J connectivity index is 1.35. The first kappa shape index (κ1) is 18.0. The van der Waals surface area contributed by atoms with Crippen molar-refractivity contribution in [3.63, 3.8) is 0 Å². The zero-order valence-corrected chi connectivity index (χ0v) is 14.6. The van der Waals surface area contributed by atoms with Gasteiger partial charge in [0.05, 0.1) is 19.8 Å². The quantitative estimate of drug-likeness (QED) is 0.845. The maximum Gasteiger partial charge on any atom is 0.258 e. The van der Waals surface area contributed by atoms with E-state index in [1.165, 1.54) is 0 Å². The van der Waals surface area contributed by atoms with E-state index in [1.54, 1.807) is 29.2 Å². The molecule has 2 aliphatic heterocycles. The molecular formula is C17H21ClN2O5. The van der Waals surface area contributed by atoms with Crippen molar-refractivity contribution in [3.05, 3.63) is 29.3 Å². The topological polar surface area (TPSA) is 77.1 Å². The Hall–Kier alpha value is -1.83. The van der Waals surface area contributed by atoms with Crippen molar-refractivity contribution in [2.24, 2.45) is 0 Å². The van der Waals surface area contributed by atoms with Crippen LogP contribution in [0, 0.1) is 0 Å². The first-order valence-electron chi connectivity index (χ1n) is 8.27. The molecule has 1 aromatic rings. The van der Waals surface area contributed by atoms with Crippen molar-refractivity contribution in [1.82, 2.24) is 10.2 Å². The predicted octanol–water partition coefficient (Wildman–Crippen LogP) is 1.20. The summed E-state index contributed by atoms with van der Waals surface area (Å²) in [5.41, 5.74) is 0. The van der Waals surface area contributed by atoms with Crippen molar-refractivity contribution in [2.75, 3.05) is 39.5 Å². The van der Waals surface area contributed by atoms with Gasteiger partial charge < -0.3 is 24.4 Å².